The Morgan fingerprint density at radius 1 is 1.47 bits per heavy atom. The summed E-state index contributed by atoms with van der Waals surface area (Å²) >= 11 is 0. The first kappa shape index (κ1) is 12.1. The first-order valence-corrected chi connectivity index (χ1v) is 5.48. The molecule has 0 radical (unpaired) electrons. The summed E-state index contributed by atoms with van der Waals surface area (Å²) in [4.78, 5) is 2.30. The molecule has 1 aromatic rings. The molecule has 0 fully saturated rings. The van der Waals surface area contributed by atoms with Gasteiger partial charge in [0.2, 0.25) is 0 Å². The smallest absolute Gasteiger partial charge is 0.0964 e. The maximum absolute atomic E-state index is 4.07. The monoisotopic (exact) mass is 211 g/mol. The van der Waals surface area contributed by atoms with Crippen LogP contribution in [0.2, 0.25) is 0 Å². The quantitative estimate of drug-likeness (QED) is 0.706. The first-order valence-electron chi connectivity index (χ1n) is 5.48. The van der Waals surface area contributed by atoms with Crippen LogP contribution in [0.15, 0.2) is 6.20 Å². The fourth-order valence-corrected chi connectivity index (χ4v) is 1.48. The van der Waals surface area contributed by atoms with E-state index in [0.29, 0.717) is 0 Å². The van der Waals surface area contributed by atoms with Gasteiger partial charge >= 0.3 is 0 Å². The van der Waals surface area contributed by atoms with Crippen molar-refractivity contribution in [1.29, 1.82) is 0 Å². The van der Waals surface area contributed by atoms with E-state index in [9.17, 15) is 0 Å². The molecule has 1 heterocycles. The zero-order valence-electron chi connectivity index (χ0n) is 9.90. The summed E-state index contributed by atoms with van der Waals surface area (Å²) in [6.45, 7) is 6.04. The second kappa shape index (κ2) is 6.53. The zero-order chi connectivity index (χ0) is 11.1. The van der Waals surface area contributed by atoms with Gasteiger partial charge in [0.15, 0.2) is 0 Å². The molecular weight excluding hydrogens is 190 g/mol. The minimum Gasteiger partial charge on any atom is -0.314 e. The van der Waals surface area contributed by atoms with E-state index in [4.69, 9.17) is 0 Å². The molecule has 0 amide bonds. The number of hydrogen-bond donors (Lipinski definition) is 1. The second-order valence-electron chi connectivity index (χ2n) is 3.81. The summed E-state index contributed by atoms with van der Waals surface area (Å²) in [6.07, 6.45) is 3.19. The lowest BCUT2D eigenvalue weighted by atomic mass is 10.4. The van der Waals surface area contributed by atoms with Crippen LogP contribution in [0.1, 0.15) is 19.0 Å². The van der Waals surface area contributed by atoms with Gasteiger partial charge < -0.3 is 10.2 Å². The highest BCUT2D eigenvalue weighted by Crippen LogP contribution is 1.93. The summed E-state index contributed by atoms with van der Waals surface area (Å²) in [5.41, 5.74) is 0.996. The van der Waals surface area contributed by atoms with Crippen molar-refractivity contribution in [3.05, 3.63) is 11.9 Å². The van der Waals surface area contributed by atoms with E-state index in [0.717, 1.165) is 31.9 Å². The number of nitrogens with zero attached hydrogens (tertiary/aromatic N) is 4. The van der Waals surface area contributed by atoms with Gasteiger partial charge in [-0.1, -0.05) is 12.1 Å². The Hall–Kier alpha value is -0.940. The van der Waals surface area contributed by atoms with Crippen molar-refractivity contribution in [2.45, 2.75) is 26.4 Å². The van der Waals surface area contributed by atoms with Crippen molar-refractivity contribution in [1.82, 2.24) is 25.2 Å². The van der Waals surface area contributed by atoms with E-state index in [1.165, 1.54) is 6.42 Å². The second-order valence-corrected chi connectivity index (χ2v) is 3.81. The van der Waals surface area contributed by atoms with Gasteiger partial charge in [-0.05, 0) is 27.1 Å². The zero-order valence-corrected chi connectivity index (χ0v) is 9.90. The van der Waals surface area contributed by atoms with Crippen LogP contribution >= 0.6 is 0 Å². The van der Waals surface area contributed by atoms with Crippen molar-refractivity contribution in [2.75, 3.05) is 27.2 Å². The van der Waals surface area contributed by atoms with Crippen molar-refractivity contribution in [3.8, 4) is 0 Å². The van der Waals surface area contributed by atoms with E-state index in [1.54, 1.807) is 0 Å². The third-order valence-electron chi connectivity index (χ3n) is 2.26. The van der Waals surface area contributed by atoms with Crippen LogP contribution in [0.3, 0.4) is 0 Å². The SMILES string of the molecule is CCCN(C)CCn1cc(CNC)nn1. The summed E-state index contributed by atoms with van der Waals surface area (Å²) in [5, 5.41) is 11.2. The van der Waals surface area contributed by atoms with Crippen LogP contribution in [0, 0.1) is 0 Å². The predicted octanol–water partition coefficient (Wildman–Crippen LogP) is 0.339. The average molecular weight is 211 g/mol. The lowest BCUT2D eigenvalue weighted by Crippen LogP contribution is -2.24. The number of aromatic nitrogens is 3. The molecule has 15 heavy (non-hydrogen) atoms. The molecule has 1 aromatic heterocycles. The van der Waals surface area contributed by atoms with E-state index in [-0.39, 0.29) is 0 Å². The highest BCUT2D eigenvalue weighted by Gasteiger charge is 2.01. The number of hydrogen-bond acceptors (Lipinski definition) is 4. The predicted molar refractivity (Wildman–Crippen MR) is 60.6 cm³/mol. The van der Waals surface area contributed by atoms with Crippen LogP contribution < -0.4 is 5.32 Å². The molecule has 0 unspecified atom stereocenters. The normalized spacial score (nSPS) is 11.2. The molecule has 5 nitrogen and oxygen atoms in total. The lowest BCUT2D eigenvalue weighted by molar-refractivity contribution is 0.311. The lowest BCUT2D eigenvalue weighted by Gasteiger charge is -2.14. The van der Waals surface area contributed by atoms with Crippen molar-refractivity contribution < 1.29 is 0 Å². The standard InChI is InChI=1S/C10H21N5/c1-4-5-14(3)6-7-15-9-10(8-11-2)12-13-15/h9,11H,4-8H2,1-3H3. The van der Waals surface area contributed by atoms with Crippen molar-refractivity contribution in [3.63, 3.8) is 0 Å². The van der Waals surface area contributed by atoms with E-state index >= 15 is 0 Å². The molecule has 0 atom stereocenters. The van der Waals surface area contributed by atoms with E-state index in [2.05, 4.69) is 34.5 Å². The van der Waals surface area contributed by atoms with Gasteiger partial charge in [-0.25, -0.2) is 0 Å². The largest absolute Gasteiger partial charge is 0.314 e. The van der Waals surface area contributed by atoms with Gasteiger partial charge in [0.1, 0.15) is 0 Å². The van der Waals surface area contributed by atoms with Crippen LogP contribution in [0.25, 0.3) is 0 Å². The molecule has 1 N–H and O–H groups in total. The maximum Gasteiger partial charge on any atom is 0.0964 e. The Balaban J connectivity index is 2.30. The van der Waals surface area contributed by atoms with Gasteiger partial charge in [-0.2, -0.15) is 0 Å². The third kappa shape index (κ3) is 4.40. The Bertz CT molecular complexity index is 271. The van der Waals surface area contributed by atoms with Crippen LogP contribution in [-0.4, -0.2) is 47.1 Å². The van der Waals surface area contributed by atoms with Crippen molar-refractivity contribution in [2.24, 2.45) is 0 Å². The van der Waals surface area contributed by atoms with Gasteiger partial charge in [0.05, 0.1) is 12.2 Å². The molecule has 86 valence electrons. The molecule has 0 aliphatic heterocycles. The Morgan fingerprint density at radius 2 is 2.27 bits per heavy atom. The Morgan fingerprint density at radius 3 is 2.93 bits per heavy atom. The summed E-state index contributed by atoms with van der Waals surface area (Å²) in [5.74, 6) is 0. The van der Waals surface area contributed by atoms with Gasteiger partial charge in [0.25, 0.3) is 0 Å². The van der Waals surface area contributed by atoms with E-state index < -0.39 is 0 Å². The number of likely N-dealkylation sites (N-methyl/N-ethyl adjacent to an activating group) is 1. The number of rotatable bonds is 7. The molecule has 0 aromatic carbocycles. The molecule has 0 bridgehead atoms. The first-order chi connectivity index (χ1) is 7.26. The molecule has 0 aliphatic carbocycles. The fraction of sp³-hybridized carbons (Fsp3) is 0.800. The average Bonchev–Trinajstić information content (AvgIpc) is 2.64. The maximum atomic E-state index is 4.07. The van der Waals surface area contributed by atoms with Crippen molar-refractivity contribution >= 4 is 0 Å². The van der Waals surface area contributed by atoms with E-state index in [1.807, 2.05) is 17.9 Å². The minimum atomic E-state index is 0.783. The Labute approximate surface area is 91.5 Å². The number of nitrogens with one attached hydrogen (secondary N) is 1. The molecule has 5 heteroatoms. The molecular formula is C10H21N5. The molecule has 0 spiro atoms. The van der Waals surface area contributed by atoms with Gasteiger partial charge in [-0.15, -0.1) is 5.10 Å². The van der Waals surface area contributed by atoms with Gasteiger partial charge in [-0.3, -0.25) is 4.68 Å². The minimum absolute atomic E-state index is 0.783. The highest BCUT2D eigenvalue weighted by atomic mass is 15.4. The Kier molecular flexibility index (Phi) is 5.28. The summed E-state index contributed by atoms with van der Waals surface area (Å²) < 4.78 is 1.90. The molecule has 0 aliphatic rings. The fourth-order valence-electron chi connectivity index (χ4n) is 1.48. The summed E-state index contributed by atoms with van der Waals surface area (Å²) in [6, 6.07) is 0. The molecule has 0 saturated heterocycles. The molecule has 1 rings (SSSR count). The van der Waals surface area contributed by atoms with Crippen LogP contribution in [0.4, 0.5) is 0 Å². The third-order valence-corrected chi connectivity index (χ3v) is 2.26. The molecule has 0 saturated carbocycles. The van der Waals surface area contributed by atoms with Gasteiger partial charge in [0, 0.05) is 19.3 Å². The van der Waals surface area contributed by atoms with Crippen LogP contribution in [0.5, 0.6) is 0 Å². The highest BCUT2D eigenvalue weighted by molar-refractivity contribution is 4.90. The summed E-state index contributed by atoms with van der Waals surface area (Å²) in [7, 11) is 4.04. The topological polar surface area (TPSA) is 46.0 Å². The van der Waals surface area contributed by atoms with Crippen LogP contribution in [-0.2, 0) is 13.1 Å².